The van der Waals surface area contributed by atoms with Gasteiger partial charge in [0.15, 0.2) is 0 Å². The van der Waals surface area contributed by atoms with Gasteiger partial charge in [-0.1, -0.05) is 6.07 Å². The number of anilines is 1. The molecule has 0 aromatic heterocycles. The number of nitrogens with one attached hydrogen (secondary N) is 2. The van der Waals surface area contributed by atoms with Crippen LogP contribution in [0.5, 0.6) is 0 Å². The number of carbonyl (C=O) groups is 1. The zero-order chi connectivity index (χ0) is 16.9. The molecule has 0 unspecified atom stereocenters. The summed E-state index contributed by atoms with van der Waals surface area (Å²) in [4.78, 5) is 22.7. The molecule has 2 rings (SSSR count). The van der Waals surface area contributed by atoms with Gasteiger partial charge in [-0.2, -0.15) is 0 Å². The zero-order valence-corrected chi connectivity index (χ0v) is 13.1. The lowest BCUT2D eigenvalue weighted by molar-refractivity contribution is -0.383. The van der Waals surface area contributed by atoms with Gasteiger partial charge < -0.3 is 21.1 Å². The van der Waals surface area contributed by atoms with Crippen LogP contribution in [0.1, 0.15) is 23.2 Å². The maximum atomic E-state index is 12.4. The van der Waals surface area contributed by atoms with Crippen LogP contribution in [0, 0.1) is 15.5 Å². The van der Waals surface area contributed by atoms with Crippen LogP contribution in [0.25, 0.3) is 0 Å². The Balaban J connectivity index is 2.09. The fraction of sp³-hybridized carbons (Fsp3) is 0.533. The molecule has 1 aliphatic rings. The van der Waals surface area contributed by atoms with E-state index in [0.717, 1.165) is 25.9 Å². The van der Waals surface area contributed by atoms with E-state index in [1.54, 1.807) is 7.11 Å². The van der Waals surface area contributed by atoms with Gasteiger partial charge in [0.2, 0.25) is 0 Å². The Labute approximate surface area is 134 Å². The van der Waals surface area contributed by atoms with Crippen molar-refractivity contribution in [3.8, 4) is 0 Å². The number of carbonyl (C=O) groups excluding carboxylic acids is 1. The summed E-state index contributed by atoms with van der Waals surface area (Å²) in [6.45, 7) is 2.75. The van der Waals surface area contributed by atoms with Gasteiger partial charge in [0.1, 0.15) is 5.69 Å². The molecule has 8 nitrogen and oxygen atoms in total. The Kier molecular flexibility index (Phi) is 5.51. The number of ether oxygens (including phenoxy) is 1. The van der Waals surface area contributed by atoms with E-state index in [4.69, 9.17) is 10.5 Å². The smallest absolute Gasteiger partial charge is 0.292 e. The molecule has 4 N–H and O–H groups in total. The molecule has 1 aliphatic heterocycles. The lowest BCUT2D eigenvalue weighted by Crippen LogP contribution is -2.47. The van der Waals surface area contributed by atoms with Crippen LogP contribution in [0.3, 0.4) is 0 Å². The molecule has 0 radical (unpaired) electrons. The van der Waals surface area contributed by atoms with Gasteiger partial charge in [-0.25, -0.2) is 0 Å². The number of para-hydroxylation sites is 1. The molecule has 126 valence electrons. The number of hydrogen-bond acceptors (Lipinski definition) is 6. The van der Waals surface area contributed by atoms with E-state index in [2.05, 4.69) is 10.6 Å². The third-order valence-electron chi connectivity index (χ3n) is 4.26. The Morgan fingerprint density at radius 3 is 2.78 bits per heavy atom. The molecule has 0 aliphatic carbocycles. The summed E-state index contributed by atoms with van der Waals surface area (Å²) in [5, 5.41) is 17.0. The molecule has 1 aromatic rings. The van der Waals surface area contributed by atoms with Crippen LogP contribution in [0.4, 0.5) is 11.4 Å². The molecule has 0 atom stereocenters. The average molecular weight is 322 g/mol. The average Bonchev–Trinajstić information content (AvgIpc) is 2.54. The summed E-state index contributed by atoms with van der Waals surface area (Å²) in [6, 6.07) is 4.23. The summed E-state index contributed by atoms with van der Waals surface area (Å²) in [5.41, 5.74) is 5.39. The van der Waals surface area contributed by atoms with Gasteiger partial charge in [0.05, 0.1) is 17.1 Å². The first-order valence-corrected chi connectivity index (χ1v) is 7.50. The highest BCUT2D eigenvalue weighted by Gasteiger charge is 2.33. The predicted octanol–water partition coefficient (Wildman–Crippen LogP) is 0.923. The van der Waals surface area contributed by atoms with Gasteiger partial charge in [-0.15, -0.1) is 0 Å². The Bertz CT molecular complexity index is 579. The number of benzene rings is 1. The van der Waals surface area contributed by atoms with Crippen molar-refractivity contribution in [1.29, 1.82) is 0 Å². The highest BCUT2D eigenvalue weighted by molar-refractivity contribution is 6.01. The summed E-state index contributed by atoms with van der Waals surface area (Å²) >= 11 is 0. The molecular formula is C15H22N4O4. The van der Waals surface area contributed by atoms with Crippen molar-refractivity contribution in [3.63, 3.8) is 0 Å². The Morgan fingerprint density at radius 1 is 1.48 bits per heavy atom. The van der Waals surface area contributed by atoms with E-state index in [1.807, 2.05) is 0 Å². The number of hydrogen-bond donors (Lipinski definition) is 3. The summed E-state index contributed by atoms with van der Waals surface area (Å²) in [5.74, 6) is -0.403. The Morgan fingerprint density at radius 2 is 2.17 bits per heavy atom. The maximum Gasteiger partial charge on any atom is 0.292 e. The van der Waals surface area contributed by atoms with Crippen molar-refractivity contribution in [2.24, 2.45) is 5.41 Å². The summed E-state index contributed by atoms with van der Waals surface area (Å²) < 4.78 is 5.30. The van der Waals surface area contributed by atoms with Gasteiger partial charge in [-0.3, -0.25) is 14.9 Å². The topological polar surface area (TPSA) is 120 Å². The van der Waals surface area contributed by atoms with Crippen LogP contribution in [0.15, 0.2) is 18.2 Å². The first-order valence-electron chi connectivity index (χ1n) is 7.50. The molecule has 0 saturated carbocycles. The summed E-state index contributed by atoms with van der Waals surface area (Å²) in [6.07, 6.45) is 1.79. The van der Waals surface area contributed by atoms with E-state index >= 15 is 0 Å². The molecule has 1 fully saturated rings. The fourth-order valence-corrected chi connectivity index (χ4v) is 2.91. The molecule has 0 spiro atoms. The third-order valence-corrected chi connectivity index (χ3v) is 4.26. The number of nitrogen functional groups attached to an aromatic ring is 1. The van der Waals surface area contributed by atoms with Gasteiger partial charge >= 0.3 is 0 Å². The number of nitro benzene ring substituents is 1. The normalized spacial score (nSPS) is 16.7. The van der Waals surface area contributed by atoms with Crippen molar-refractivity contribution in [1.82, 2.24) is 10.6 Å². The maximum absolute atomic E-state index is 12.4. The second kappa shape index (κ2) is 7.38. The minimum absolute atomic E-state index is 0.110. The number of nitro groups is 1. The van der Waals surface area contributed by atoms with Crippen molar-refractivity contribution in [2.45, 2.75) is 12.8 Å². The SMILES string of the molecule is COCC1(CNC(=O)c2cccc([N+](=O)[O-])c2N)CCNCC1. The van der Waals surface area contributed by atoms with E-state index in [-0.39, 0.29) is 22.4 Å². The van der Waals surface area contributed by atoms with Gasteiger partial charge in [-0.05, 0) is 32.0 Å². The largest absolute Gasteiger partial charge is 0.393 e. The first kappa shape index (κ1) is 17.2. The highest BCUT2D eigenvalue weighted by atomic mass is 16.6. The molecule has 1 amide bonds. The molecule has 1 saturated heterocycles. The number of rotatable bonds is 6. The lowest BCUT2D eigenvalue weighted by Gasteiger charge is -2.37. The standard InChI is InChI=1S/C15H22N4O4/c1-23-10-15(5-7-17-8-6-15)9-18-14(20)11-3-2-4-12(13(11)16)19(21)22/h2-4,17H,5-10,16H2,1H3,(H,18,20). The number of methoxy groups -OCH3 is 1. The molecule has 1 aromatic carbocycles. The molecule has 23 heavy (non-hydrogen) atoms. The number of nitrogens with two attached hydrogens (primary N) is 1. The lowest BCUT2D eigenvalue weighted by atomic mass is 9.79. The van der Waals surface area contributed by atoms with E-state index in [0.29, 0.717) is 13.2 Å². The monoisotopic (exact) mass is 322 g/mol. The summed E-state index contributed by atoms with van der Waals surface area (Å²) in [7, 11) is 1.64. The van der Waals surface area contributed by atoms with Crippen LogP contribution in [-0.2, 0) is 4.74 Å². The van der Waals surface area contributed by atoms with E-state index in [1.165, 1.54) is 18.2 Å². The molecule has 1 heterocycles. The van der Waals surface area contributed by atoms with Crippen molar-refractivity contribution in [3.05, 3.63) is 33.9 Å². The quantitative estimate of drug-likeness (QED) is 0.407. The van der Waals surface area contributed by atoms with Crippen molar-refractivity contribution >= 4 is 17.3 Å². The highest BCUT2D eigenvalue weighted by Crippen LogP contribution is 2.29. The predicted molar refractivity (Wildman–Crippen MR) is 86.3 cm³/mol. The molecule has 0 bridgehead atoms. The van der Waals surface area contributed by atoms with E-state index < -0.39 is 10.8 Å². The van der Waals surface area contributed by atoms with E-state index in [9.17, 15) is 14.9 Å². The molecule has 8 heteroatoms. The van der Waals surface area contributed by atoms with Crippen LogP contribution < -0.4 is 16.4 Å². The van der Waals surface area contributed by atoms with Crippen LogP contribution in [0.2, 0.25) is 0 Å². The van der Waals surface area contributed by atoms with Crippen LogP contribution in [-0.4, -0.2) is 44.2 Å². The number of piperidine rings is 1. The molecular weight excluding hydrogens is 300 g/mol. The van der Waals surface area contributed by atoms with Crippen molar-refractivity contribution in [2.75, 3.05) is 39.1 Å². The fourth-order valence-electron chi connectivity index (χ4n) is 2.91. The minimum Gasteiger partial charge on any atom is -0.393 e. The minimum atomic E-state index is -0.592. The first-order chi connectivity index (χ1) is 11.0. The van der Waals surface area contributed by atoms with Gasteiger partial charge in [0, 0.05) is 25.1 Å². The van der Waals surface area contributed by atoms with Crippen LogP contribution >= 0.6 is 0 Å². The zero-order valence-electron chi connectivity index (χ0n) is 13.1. The van der Waals surface area contributed by atoms with Gasteiger partial charge in [0.25, 0.3) is 11.6 Å². The van der Waals surface area contributed by atoms with Crippen molar-refractivity contribution < 1.29 is 14.5 Å². The second-order valence-corrected chi connectivity index (χ2v) is 5.86. The Hall–Kier alpha value is -2.19. The number of nitrogens with zero attached hydrogens (tertiary/aromatic N) is 1. The number of amides is 1. The second-order valence-electron chi connectivity index (χ2n) is 5.86. The third kappa shape index (κ3) is 3.96.